The molecule has 0 spiro atoms. The summed E-state index contributed by atoms with van der Waals surface area (Å²) in [5, 5.41) is 0.780. The van der Waals surface area contributed by atoms with Crippen molar-refractivity contribution >= 4 is 22.7 Å². The van der Waals surface area contributed by atoms with E-state index in [0.717, 1.165) is 22.2 Å². The molecule has 100 valence electrons. The highest BCUT2D eigenvalue weighted by atomic mass is 15.0. The van der Waals surface area contributed by atoms with E-state index >= 15 is 0 Å². The molecular weight excluding hydrogens is 250 g/mol. The van der Waals surface area contributed by atoms with Crippen LogP contribution in [0.3, 0.4) is 0 Å². The molecule has 20 heavy (non-hydrogen) atoms. The first-order valence-corrected chi connectivity index (χ1v) is 6.35. The molecule has 1 aromatic carbocycles. The molecule has 0 radical (unpaired) electrons. The third kappa shape index (κ3) is 2.25. The summed E-state index contributed by atoms with van der Waals surface area (Å²) in [5.74, 6) is 0.690. The zero-order chi connectivity index (χ0) is 14.1. The van der Waals surface area contributed by atoms with E-state index in [0.29, 0.717) is 12.2 Å². The van der Waals surface area contributed by atoms with E-state index in [2.05, 4.69) is 46.1 Å². The van der Waals surface area contributed by atoms with Crippen LogP contribution in [0.15, 0.2) is 36.5 Å². The van der Waals surface area contributed by atoms with Gasteiger partial charge >= 0.3 is 0 Å². The Balaban J connectivity index is 2.13. The van der Waals surface area contributed by atoms with Crippen LogP contribution in [0.1, 0.15) is 16.8 Å². The highest BCUT2D eigenvalue weighted by Crippen LogP contribution is 2.23. The van der Waals surface area contributed by atoms with Crippen LogP contribution < -0.4 is 11.5 Å². The molecule has 3 aromatic rings. The van der Waals surface area contributed by atoms with Gasteiger partial charge < -0.3 is 11.5 Å². The number of hydrogen-bond donors (Lipinski definition) is 2. The maximum absolute atomic E-state index is 5.95. The lowest BCUT2D eigenvalue weighted by atomic mass is 10.0. The van der Waals surface area contributed by atoms with E-state index in [4.69, 9.17) is 11.5 Å². The fourth-order valence-corrected chi connectivity index (χ4v) is 2.23. The number of aromatic nitrogens is 3. The Kier molecular flexibility index (Phi) is 2.95. The number of hydrogen-bond acceptors (Lipinski definition) is 5. The first-order chi connectivity index (χ1) is 9.63. The molecule has 2 aromatic heterocycles. The molecule has 0 saturated heterocycles. The minimum absolute atomic E-state index is 0.255. The Morgan fingerprint density at radius 2 is 1.75 bits per heavy atom. The summed E-state index contributed by atoms with van der Waals surface area (Å²) in [5.41, 5.74) is 15.6. The lowest BCUT2D eigenvalue weighted by Gasteiger charge is -2.08. The molecule has 0 fully saturated rings. The normalized spacial score (nSPS) is 10.8. The molecule has 0 aliphatic rings. The van der Waals surface area contributed by atoms with E-state index in [1.165, 1.54) is 5.56 Å². The Morgan fingerprint density at radius 3 is 2.50 bits per heavy atom. The van der Waals surface area contributed by atoms with Crippen molar-refractivity contribution in [3.63, 3.8) is 0 Å². The number of benzene rings is 1. The number of pyridine rings is 1. The Hall–Kier alpha value is -2.69. The van der Waals surface area contributed by atoms with Gasteiger partial charge in [-0.3, -0.25) is 0 Å². The molecule has 5 heteroatoms. The Morgan fingerprint density at radius 1 is 1.00 bits per heavy atom. The molecule has 3 rings (SSSR count). The average molecular weight is 265 g/mol. The Labute approximate surface area is 116 Å². The van der Waals surface area contributed by atoms with E-state index < -0.39 is 0 Å². The molecule has 0 unspecified atom stereocenters. The van der Waals surface area contributed by atoms with Crippen molar-refractivity contribution in [2.24, 2.45) is 0 Å². The predicted molar refractivity (Wildman–Crippen MR) is 80.1 cm³/mol. The summed E-state index contributed by atoms with van der Waals surface area (Å²) in [6.07, 6.45) is 2.28. The van der Waals surface area contributed by atoms with Crippen LogP contribution in [-0.2, 0) is 6.42 Å². The van der Waals surface area contributed by atoms with Crippen molar-refractivity contribution in [2.45, 2.75) is 13.3 Å². The van der Waals surface area contributed by atoms with Crippen LogP contribution in [-0.4, -0.2) is 15.0 Å². The molecule has 0 aliphatic heterocycles. The van der Waals surface area contributed by atoms with Crippen LogP contribution in [0.4, 0.5) is 11.8 Å². The fraction of sp³-hybridized carbons (Fsp3) is 0.133. The third-order valence-electron chi connectivity index (χ3n) is 3.22. The summed E-state index contributed by atoms with van der Waals surface area (Å²) in [6, 6.07) is 10.1. The molecule has 5 nitrogen and oxygen atoms in total. The van der Waals surface area contributed by atoms with E-state index in [1.807, 2.05) is 0 Å². The highest BCUT2D eigenvalue weighted by molar-refractivity contribution is 5.90. The van der Waals surface area contributed by atoms with Crippen molar-refractivity contribution in [3.05, 3.63) is 53.3 Å². The summed E-state index contributed by atoms with van der Waals surface area (Å²) in [4.78, 5) is 12.6. The van der Waals surface area contributed by atoms with Crippen molar-refractivity contribution in [2.75, 3.05) is 11.5 Å². The van der Waals surface area contributed by atoms with Crippen molar-refractivity contribution in [1.82, 2.24) is 15.0 Å². The van der Waals surface area contributed by atoms with Crippen LogP contribution in [0.2, 0.25) is 0 Å². The zero-order valence-corrected chi connectivity index (χ0v) is 11.2. The summed E-state index contributed by atoms with van der Waals surface area (Å²) in [7, 11) is 0. The second kappa shape index (κ2) is 4.77. The first kappa shape index (κ1) is 12.3. The number of fused-ring (bicyclic) bond motifs is 1. The number of aryl methyl sites for hydroxylation is 1. The van der Waals surface area contributed by atoms with Crippen molar-refractivity contribution < 1.29 is 0 Å². The van der Waals surface area contributed by atoms with E-state index in [9.17, 15) is 0 Å². The average Bonchev–Trinajstić information content (AvgIpc) is 2.41. The summed E-state index contributed by atoms with van der Waals surface area (Å²) < 4.78 is 0. The Bertz CT molecular complexity index is 765. The maximum atomic E-state index is 5.95. The fourth-order valence-electron chi connectivity index (χ4n) is 2.23. The smallest absolute Gasteiger partial charge is 0.220 e. The summed E-state index contributed by atoms with van der Waals surface area (Å²) >= 11 is 0. The van der Waals surface area contributed by atoms with E-state index in [-0.39, 0.29) is 5.95 Å². The molecule has 4 N–H and O–H groups in total. The van der Waals surface area contributed by atoms with Gasteiger partial charge in [0.05, 0.1) is 16.6 Å². The topological polar surface area (TPSA) is 90.7 Å². The maximum Gasteiger partial charge on any atom is 0.220 e. The molecule has 0 amide bonds. The van der Waals surface area contributed by atoms with Crippen molar-refractivity contribution in [3.8, 4) is 0 Å². The molecule has 0 aliphatic carbocycles. The van der Waals surface area contributed by atoms with Gasteiger partial charge in [-0.25, -0.2) is 15.0 Å². The summed E-state index contributed by atoms with van der Waals surface area (Å²) in [6.45, 7) is 2.06. The lowest BCUT2D eigenvalue weighted by molar-refractivity contribution is 1.07. The second-order valence-electron chi connectivity index (χ2n) is 4.78. The molecule has 0 atom stereocenters. The van der Waals surface area contributed by atoms with E-state index in [1.54, 1.807) is 12.3 Å². The quantitative estimate of drug-likeness (QED) is 0.740. The van der Waals surface area contributed by atoms with Gasteiger partial charge in [-0.2, -0.15) is 0 Å². The van der Waals surface area contributed by atoms with Crippen LogP contribution in [0.25, 0.3) is 10.9 Å². The van der Waals surface area contributed by atoms with Gasteiger partial charge in [-0.05, 0) is 18.6 Å². The molecular formula is C15H15N5. The second-order valence-corrected chi connectivity index (χ2v) is 4.78. The lowest BCUT2D eigenvalue weighted by Crippen LogP contribution is -2.04. The largest absolute Gasteiger partial charge is 0.383 e. The number of nitrogen functional groups attached to an aromatic ring is 2. The first-order valence-electron chi connectivity index (χ1n) is 6.35. The van der Waals surface area contributed by atoms with Crippen LogP contribution in [0, 0.1) is 6.92 Å². The van der Waals surface area contributed by atoms with Crippen LogP contribution in [0.5, 0.6) is 0 Å². The minimum atomic E-state index is 0.255. The van der Waals surface area contributed by atoms with Crippen molar-refractivity contribution in [1.29, 1.82) is 0 Å². The molecule has 0 bridgehead atoms. The van der Waals surface area contributed by atoms with Gasteiger partial charge in [0.1, 0.15) is 5.82 Å². The van der Waals surface area contributed by atoms with Crippen LogP contribution >= 0.6 is 0 Å². The van der Waals surface area contributed by atoms with Gasteiger partial charge in [0.2, 0.25) is 5.95 Å². The van der Waals surface area contributed by atoms with Gasteiger partial charge in [-0.15, -0.1) is 0 Å². The van der Waals surface area contributed by atoms with Gasteiger partial charge in [0, 0.05) is 12.6 Å². The standard InChI is InChI=1S/C15H15N5/c1-9-2-4-10(5-3-9)8-12-13-11(19-15(17)20-12)6-7-18-14(13)16/h2-7H,8H2,1H3,(H2,16,18)(H2,17,19,20). The predicted octanol–water partition coefficient (Wildman–Crippen LogP) is 2.09. The number of anilines is 2. The molecule has 2 heterocycles. The highest BCUT2D eigenvalue weighted by Gasteiger charge is 2.10. The minimum Gasteiger partial charge on any atom is -0.383 e. The molecule has 0 saturated carbocycles. The monoisotopic (exact) mass is 265 g/mol. The third-order valence-corrected chi connectivity index (χ3v) is 3.22. The van der Waals surface area contributed by atoms with Gasteiger partial charge in [0.15, 0.2) is 0 Å². The zero-order valence-electron chi connectivity index (χ0n) is 11.2. The SMILES string of the molecule is Cc1ccc(Cc2nc(N)nc3ccnc(N)c23)cc1. The van der Waals surface area contributed by atoms with Gasteiger partial charge in [-0.1, -0.05) is 29.8 Å². The van der Waals surface area contributed by atoms with Gasteiger partial charge in [0.25, 0.3) is 0 Å². The number of rotatable bonds is 2. The number of nitrogens with two attached hydrogens (primary N) is 2. The number of nitrogens with zero attached hydrogens (tertiary/aromatic N) is 3.